The van der Waals surface area contributed by atoms with Crippen molar-refractivity contribution in [2.75, 3.05) is 20.2 Å². The van der Waals surface area contributed by atoms with Crippen LogP contribution in [0.15, 0.2) is 48.5 Å². The second-order valence-electron chi connectivity index (χ2n) is 6.62. The van der Waals surface area contributed by atoms with Crippen molar-refractivity contribution >= 4 is 11.9 Å². The van der Waals surface area contributed by atoms with Gasteiger partial charge in [-0.25, -0.2) is 0 Å². The molecule has 0 aliphatic carbocycles. The van der Waals surface area contributed by atoms with Gasteiger partial charge >= 0.3 is 5.97 Å². The van der Waals surface area contributed by atoms with Gasteiger partial charge in [-0.1, -0.05) is 30.3 Å². The van der Waals surface area contributed by atoms with Crippen LogP contribution in [0.1, 0.15) is 23.7 Å². The van der Waals surface area contributed by atoms with Crippen molar-refractivity contribution in [1.29, 1.82) is 0 Å². The fraction of sp³-hybridized carbons (Fsp3) is 0.300. The van der Waals surface area contributed by atoms with Gasteiger partial charge in [0.2, 0.25) is 0 Å². The lowest BCUT2D eigenvalue weighted by Crippen LogP contribution is -2.34. The van der Waals surface area contributed by atoms with Gasteiger partial charge in [-0.05, 0) is 37.1 Å². The topological polar surface area (TPSA) is 66.8 Å². The highest BCUT2D eigenvalue weighted by atomic mass is 16.5. The summed E-state index contributed by atoms with van der Waals surface area (Å²) in [5.74, 6) is -0.313. The van der Waals surface area contributed by atoms with Crippen molar-refractivity contribution in [2.24, 2.45) is 5.41 Å². The van der Waals surface area contributed by atoms with Crippen LogP contribution >= 0.6 is 0 Å². The van der Waals surface area contributed by atoms with Gasteiger partial charge in [0.1, 0.15) is 5.75 Å². The third-order valence-electron chi connectivity index (χ3n) is 4.81. The van der Waals surface area contributed by atoms with Crippen molar-refractivity contribution in [2.45, 2.75) is 13.3 Å². The SMILES string of the molecule is COc1ccc(C(=O)N2CCC(C)(C(=O)O)C2)cc1-c1ccccc1. The summed E-state index contributed by atoms with van der Waals surface area (Å²) in [5, 5.41) is 9.35. The molecular weight excluding hydrogens is 318 g/mol. The summed E-state index contributed by atoms with van der Waals surface area (Å²) in [6, 6.07) is 15.0. The van der Waals surface area contributed by atoms with Gasteiger partial charge in [-0.15, -0.1) is 0 Å². The molecule has 130 valence electrons. The molecule has 1 aliphatic heterocycles. The monoisotopic (exact) mass is 339 g/mol. The number of rotatable bonds is 4. The standard InChI is InChI=1S/C20H21NO4/c1-20(19(23)24)10-11-21(13-20)18(22)15-8-9-17(25-2)16(12-15)14-6-4-3-5-7-14/h3-9,12H,10-11,13H2,1-2H3,(H,23,24). The first-order chi connectivity index (χ1) is 11.9. The third kappa shape index (κ3) is 3.22. The molecule has 0 radical (unpaired) electrons. The predicted molar refractivity (Wildman–Crippen MR) is 94.7 cm³/mol. The quantitative estimate of drug-likeness (QED) is 0.928. The van der Waals surface area contributed by atoms with E-state index in [0.717, 1.165) is 11.1 Å². The molecule has 2 aromatic rings. The summed E-state index contributed by atoms with van der Waals surface area (Å²) in [5.41, 5.74) is 1.47. The molecule has 0 spiro atoms. The van der Waals surface area contributed by atoms with E-state index in [0.29, 0.717) is 24.3 Å². The average Bonchev–Trinajstić information content (AvgIpc) is 3.05. The summed E-state index contributed by atoms with van der Waals surface area (Å²) < 4.78 is 5.42. The van der Waals surface area contributed by atoms with Crippen LogP contribution in [0.5, 0.6) is 5.75 Å². The molecule has 25 heavy (non-hydrogen) atoms. The number of hydrogen-bond donors (Lipinski definition) is 1. The molecule has 0 saturated carbocycles. The molecule has 5 heteroatoms. The van der Waals surface area contributed by atoms with Gasteiger partial charge in [-0.2, -0.15) is 0 Å². The van der Waals surface area contributed by atoms with E-state index in [2.05, 4.69) is 0 Å². The van der Waals surface area contributed by atoms with E-state index in [1.165, 1.54) is 0 Å². The molecule has 1 saturated heterocycles. The average molecular weight is 339 g/mol. The number of carbonyl (C=O) groups excluding carboxylic acids is 1. The van der Waals surface area contributed by atoms with Crippen LogP contribution in [0.3, 0.4) is 0 Å². The summed E-state index contributed by atoms with van der Waals surface area (Å²) >= 11 is 0. The zero-order chi connectivity index (χ0) is 18.0. The van der Waals surface area contributed by atoms with E-state index in [1.807, 2.05) is 36.4 Å². The molecule has 1 unspecified atom stereocenters. The van der Waals surface area contributed by atoms with Gasteiger partial charge in [0.05, 0.1) is 12.5 Å². The summed E-state index contributed by atoms with van der Waals surface area (Å²) in [6.45, 7) is 2.37. The molecular formula is C20H21NO4. The summed E-state index contributed by atoms with van der Waals surface area (Å²) in [7, 11) is 1.60. The first kappa shape index (κ1) is 17.0. The Bertz CT molecular complexity index is 803. The number of benzene rings is 2. The molecule has 0 aromatic heterocycles. The van der Waals surface area contributed by atoms with Crippen molar-refractivity contribution in [3.05, 3.63) is 54.1 Å². The minimum absolute atomic E-state index is 0.148. The highest BCUT2D eigenvalue weighted by molar-refractivity contribution is 5.97. The first-order valence-electron chi connectivity index (χ1n) is 8.21. The molecule has 1 amide bonds. The maximum Gasteiger partial charge on any atom is 0.311 e. The van der Waals surface area contributed by atoms with Crippen LogP contribution < -0.4 is 4.74 Å². The van der Waals surface area contributed by atoms with Crippen LogP contribution in [-0.4, -0.2) is 42.1 Å². The van der Waals surface area contributed by atoms with E-state index in [1.54, 1.807) is 31.1 Å². The van der Waals surface area contributed by atoms with Gasteiger partial charge in [0.15, 0.2) is 0 Å². The smallest absolute Gasteiger partial charge is 0.311 e. The van der Waals surface area contributed by atoms with Crippen LogP contribution in [0, 0.1) is 5.41 Å². The Morgan fingerprint density at radius 2 is 1.88 bits per heavy atom. The van der Waals surface area contributed by atoms with Crippen molar-refractivity contribution in [3.8, 4) is 16.9 Å². The molecule has 5 nitrogen and oxygen atoms in total. The number of nitrogens with zero attached hydrogens (tertiary/aromatic N) is 1. The number of amides is 1. The fourth-order valence-corrected chi connectivity index (χ4v) is 3.18. The minimum atomic E-state index is -0.871. The molecule has 1 heterocycles. The number of aliphatic carboxylic acids is 1. The van der Waals surface area contributed by atoms with E-state index in [-0.39, 0.29) is 12.5 Å². The Hall–Kier alpha value is -2.82. The highest BCUT2D eigenvalue weighted by Crippen LogP contribution is 2.34. The fourth-order valence-electron chi connectivity index (χ4n) is 3.18. The van der Waals surface area contributed by atoms with Crippen molar-refractivity contribution in [1.82, 2.24) is 4.90 Å². The zero-order valence-electron chi connectivity index (χ0n) is 14.4. The van der Waals surface area contributed by atoms with E-state index in [4.69, 9.17) is 4.74 Å². The van der Waals surface area contributed by atoms with Crippen molar-refractivity contribution < 1.29 is 19.4 Å². The minimum Gasteiger partial charge on any atom is -0.496 e. The molecule has 1 aliphatic rings. The van der Waals surface area contributed by atoms with Crippen molar-refractivity contribution in [3.63, 3.8) is 0 Å². The van der Waals surface area contributed by atoms with Crippen LogP contribution in [0.4, 0.5) is 0 Å². The summed E-state index contributed by atoms with van der Waals surface area (Å²) in [4.78, 5) is 25.8. The number of ether oxygens (including phenoxy) is 1. The first-order valence-corrected chi connectivity index (χ1v) is 8.21. The van der Waals surface area contributed by atoms with Crippen LogP contribution in [-0.2, 0) is 4.79 Å². The van der Waals surface area contributed by atoms with E-state index < -0.39 is 11.4 Å². The Morgan fingerprint density at radius 3 is 2.48 bits per heavy atom. The molecule has 2 aromatic carbocycles. The van der Waals surface area contributed by atoms with E-state index >= 15 is 0 Å². The zero-order valence-corrected chi connectivity index (χ0v) is 14.4. The maximum absolute atomic E-state index is 12.8. The number of methoxy groups -OCH3 is 1. The number of carbonyl (C=O) groups is 2. The molecule has 0 bridgehead atoms. The lowest BCUT2D eigenvalue weighted by atomic mass is 9.90. The number of likely N-dealkylation sites (tertiary alicyclic amines) is 1. The molecule has 1 atom stereocenters. The Morgan fingerprint density at radius 1 is 1.16 bits per heavy atom. The second-order valence-corrected chi connectivity index (χ2v) is 6.62. The van der Waals surface area contributed by atoms with Gasteiger partial charge in [0, 0.05) is 24.2 Å². The van der Waals surface area contributed by atoms with E-state index in [9.17, 15) is 14.7 Å². The maximum atomic E-state index is 12.8. The largest absolute Gasteiger partial charge is 0.496 e. The predicted octanol–water partition coefficient (Wildman–Crippen LogP) is 3.30. The summed E-state index contributed by atoms with van der Waals surface area (Å²) in [6.07, 6.45) is 0.468. The number of carboxylic acid groups (broad SMARTS) is 1. The lowest BCUT2D eigenvalue weighted by molar-refractivity contribution is -0.147. The van der Waals surface area contributed by atoms with Gasteiger partial charge in [-0.3, -0.25) is 9.59 Å². The lowest BCUT2D eigenvalue weighted by Gasteiger charge is -2.20. The Kier molecular flexibility index (Phi) is 4.49. The Balaban J connectivity index is 1.91. The van der Waals surface area contributed by atoms with Crippen LogP contribution in [0.2, 0.25) is 0 Å². The molecule has 1 N–H and O–H groups in total. The normalized spacial score (nSPS) is 19.7. The third-order valence-corrected chi connectivity index (χ3v) is 4.81. The van der Waals surface area contributed by atoms with Gasteiger partial charge in [0.25, 0.3) is 5.91 Å². The molecule has 3 rings (SSSR count). The van der Waals surface area contributed by atoms with Gasteiger partial charge < -0.3 is 14.7 Å². The molecule has 1 fully saturated rings. The van der Waals surface area contributed by atoms with Crippen LogP contribution in [0.25, 0.3) is 11.1 Å². The number of carboxylic acids is 1. The number of hydrogen-bond acceptors (Lipinski definition) is 3. The second kappa shape index (κ2) is 6.59. The highest BCUT2D eigenvalue weighted by Gasteiger charge is 2.42. The Labute approximate surface area is 146 Å².